The lowest BCUT2D eigenvalue weighted by molar-refractivity contribution is -0.133. The standard InChI is InChI=1S/C11H18N2O/c1-3-10-8(2)11(14)13(12-10)9-6-4-5-7-9/h8-9H,3-7H2,1-2H3. The Kier molecular flexibility index (Phi) is 2.57. The first-order chi connectivity index (χ1) is 6.74. The van der Waals surface area contributed by atoms with E-state index in [0.29, 0.717) is 6.04 Å². The van der Waals surface area contributed by atoms with Crippen molar-refractivity contribution in [2.75, 3.05) is 0 Å². The van der Waals surface area contributed by atoms with E-state index in [2.05, 4.69) is 12.0 Å². The highest BCUT2D eigenvalue weighted by Crippen LogP contribution is 2.28. The molecule has 0 radical (unpaired) electrons. The molecule has 1 atom stereocenters. The number of hydrogen-bond donors (Lipinski definition) is 0. The quantitative estimate of drug-likeness (QED) is 0.663. The molecule has 1 unspecified atom stereocenters. The molecule has 1 aliphatic carbocycles. The van der Waals surface area contributed by atoms with Crippen LogP contribution >= 0.6 is 0 Å². The molecule has 2 rings (SSSR count). The molecule has 0 aromatic carbocycles. The van der Waals surface area contributed by atoms with E-state index in [1.54, 1.807) is 5.01 Å². The van der Waals surface area contributed by atoms with Crippen LogP contribution in [-0.4, -0.2) is 22.7 Å². The van der Waals surface area contributed by atoms with Gasteiger partial charge in [0.1, 0.15) is 0 Å². The predicted molar refractivity (Wildman–Crippen MR) is 56.0 cm³/mol. The van der Waals surface area contributed by atoms with Gasteiger partial charge in [-0.05, 0) is 26.2 Å². The highest BCUT2D eigenvalue weighted by atomic mass is 16.2. The molecule has 0 aromatic heterocycles. The van der Waals surface area contributed by atoms with Gasteiger partial charge in [-0.15, -0.1) is 0 Å². The molecule has 0 spiro atoms. The molecule has 0 saturated heterocycles. The van der Waals surface area contributed by atoms with Gasteiger partial charge in [0, 0.05) is 0 Å². The average molecular weight is 194 g/mol. The zero-order valence-corrected chi connectivity index (χ0v) is 8.99. The van der Waals surface area contributed by atoms with E-state index in [0.717, 1.165) is 25.0 Å². The first-order valence-electron chi connectivity index (χ1n) is 5.64. The monoisotopic (exact) mass is 194 g/mol. The molecular formula is C11H18N2O. The number of nitrogens with zero attached hydrogens (tertiary/aromatic N) is 2. The van der Waals surface area contributed by atoms with Crippen LogP contribution in [0.3, 0.4) is 0 Å². The van der Waals surface area contributed by atoms with Crippen molar-refractivity contribution in [2.45, 2.75) is 52.0 Å². The number of carbonyl (C=O) groups excluding carboxylic acids is 1. The van der Waals surface area contributed by atoms with Crippen LogP contribution in [0.5, 0.6) is 0 Å². The van der Waals surface area contributed by atoms with Gasteiger partial charge in [-0.3, -0.25) is 4.79 Å². The van der Waals surface area contributed by atoms with E-state index < -0.39 is 0 Å². The van der Waals surface area contributed by atoms with Crippen molar-refractivity contribution in [1.82, 2.24) is 5.01 Å². The molecule has 1 amide bonds. The van der Waals surface area contributed by atoms with Crippen molar-refractivity contribution in [2.24, 2.45) is 11.0 Å². The van der Waals surface area contributed by atoms with Gasteiger partial charge in [-0.2, -0.15) is 5.10 Å². The molecule has 1 heterocycles. The molecule has 3 heteroatoms. The molecule has 1 saturated carbocycles. The fourth-order valence-corrected chi connectivity index (χ4v) is 2.40. The largest absolute Gasteiger partial charge is 0.272 e. The Morgan fingerprint density at radius 3 is 2.57 bits per heavy atom. The van der Waals surface area contributed by atoms with Crippen LogP contribution in [-0.2, 0) is 4.79 Å². The lowest BCUT2D eigenvalue weighted by Gasteiger charge is -2.19. The summed E-state index contributed by atoms with van der Waals surface area (Å²) in [7, 11) is 0. The molecule has 3 nitrogen and oxygen atoms in total. The summed E-state index contributed by atoms with van der Waals surface area (Å²) in [5.74, 6) is 0.245. The van der Waals surface area contributed by atoms with Crippen molar-refractivity contribution in [3.8, 4) is 0 Å². The summed E-state index contributed by atoms with van der Waals surface area (Å²) < 4.78 is 0. The topological polar surface area (TPSA) is 32.7 Å². The molecule has 78 valence electrons. The number of hydrogen-bond acceptors (Lipinski definition) is 2. The van der Waals surface area contributed by atoms with Gasteiger partial charge in [-0.25, -0.2) is 5.01 Å². The molecule has 0 N–H and O–H groups in total. The van der Waals surface area contributed by atoms with Crippen LogP contribution < -0.4 is 0 Å². The zero-order valence-electron chi connectivity index (χ0n) is 8.99. The molecule has 0 aromatic rings. The summed E-state index contributed by atoms with van der Waals surface area (Å²) in [6.45, 7) is 4.04. The fraction of sp³-hybridized carbons (Fsp3) is 0.818. The fourth-order valence-electron chi connectivity index (χ4n) is 2.40. The smallest absolute Gasteiger partial charge is 0.251 e. The Hall–Kier alpha value is -0.860. The van der Waals surface area contributed by atoms with E-state index in [1.165, 1.54) is 12.8 Å². The molecule has 14 heavy (non-hydrogen) atoms. The summed E-state index contributed by atoms with van der Waals surface area (Å²) in [4.78, 5) is 11.9. The second-order valence-electron chi connectivity index (χ2n) is 4.29. The van der Waals surface area contributed by atoms with Crippen LogP contribution in [0.4, 0.5) is 0 Å². The summed E-state index contributed by atoms with van der Waals surface area (Å²) in [6.07, 6.45) is 5.67. The third-order valence-electron chi connectivity index (χ3n) is 3.37. The minimum atomic E-state index is 0.0283. The van der Waals surface area contributed by atoms with Gasteiger partial charge >= 0.3 is 0 Å². The lowest BCUT2D eigenvalue weighted by Crippen LogP contribution is -2.33. The van der Waals surface area contributed by atoms with E-state index in [-0.39, 0.29) is 11.8 Å². The second-order valence-corrected chi connectivity index (χ2v) is 4.29. The van der Waals surface area contributed by atoms with Gasteiger partial charge in [-0.1, -0.05) is 19.8 Å². The summed E-state index contributed by atoms with van der Waals surface area (Å²) in [5.41, 5.74) is 1.06. The highest BCUT2D eigenvalue weighted by molar-refractivity contribution is 6.07. The molecule has 1 aliphatic heterocycles. The molecule has 1 fully saturated rings. The van der Waals surface area contributed by atoms with Crippen molar-refractivity contribution < 1.29 is 4.79 Å². The number of hydrazone groups is 1. The van der Waals surface area contributed by atoms with E-state index in [4.69, 9.17) is 0 Å². The number of rotatable bonds is 2. The predicted octanol–water partition coefficient (Wildman–Crippen LogP) is 2.17. The first-order valence-corrected chi connectivity index (χ1v) is 5.64. The van der Waals surface area contributed by atoms with Crippen LogP contribution in [0.25, 0.3) is 0 Å². The van der Waals surface area contributed by atoms with Gasteiger partial charge in [0.05, 0.1) is 17.7 Å². The van der Waals surface area contributed by atoms with E-state index >= 15 is 0 Å². The summed E-state index contributed by atoms with van der Waals surface area (Å²) in [6, 6.07) is 0.397. The van der Waals surface area contributed by atoms with Gasteiger partial charge in [0.2, 0.25) is 0 Å². The van der Waals surface area contributed by atoms with Crippen LogP contribution in [0, 0.1) is 5.92 Å². The molecular weight excluding hydrogens is 176 g/mol. The Balaban J connectivity index is 2.12. The summed E-state index contributed by atoms with van der Waals surface area (Å²) >= 11 is 0. The third-order valence-corrected chi connectivity index (χ3v) is 3.37. The number of carbonyl (C=O) groups is 1. The van der Waals surface area contributed by atoms with Crippen molar-refractivity contribution in [1.29, 1.82) is 0 Å². The minimum absolute atomic E-state index is 0.0283. The normalized spacial score (nSPS) is 28.7. The highest BCUT2D eigenvalue weighted by Gasteiger charge is 2.36. The van der Waals surface area contributed by atoms with Gasteiger partial charge < -0.3 is 0 Å². The lowest BCUT2D eigenvalue weighted by atomic mass is 10.0. The maximum atomic E-state index is 11.9. The van der Waals surface area contributed by atoms with Gasteiger partial charge in [0.15, 0.2) is 0 Å². The minimum Gasteiger partial charge on any atom is -0.272 e. The average Bonchev–Trinajstić information content (AvgIpc) is 2.78. The first kappa shape index (κ1) is 9.69. The Bertz CT molecular complexity index is 266. The van der Waals surface area contributed by atoms with Gasteiger partial charge in [0.25, 0.3) is 5.91 Å². The summed E-state index contributed by atoms with van der Waals surface area (Å²) in [5, 5.41) is 6.21. The third kappa shape index (κ3) is 1.45. The maximum Gasteiger partial charge on any atom is 0.251 e. The van der Waals surface area contributed by atoms with Crippen molar-refractivity contribution in [3.05, 3.63) is 0 Å². The van der Waals surface area contributed by atoms with Crippen molar-refractivity contribution in [3.63, 3.8) is 0 Å². The Morgan fingerprint density at radius 2 is 2.07 bits per heavy atom. The Morgan fingerprint density at radius 1 is 1.43 bits per heavy atom. The van der Waals surface area contributed by atoms with E-state index in [1.807, 2.05) is 6.92 Å². The SMILES string of the molecule is CCC1=NN(C2CCCC2)C(=O)C1C. The molecule has 2 aliphatic rings. The zero-order chi connectivity index (χ0) is 10.1. The van der Waals surface area contributed by atoms with E-state index in [9.17, 15) is 4.79 Å². The van der Waals surface area contributed by atoms with Crippen LogP contribution in [0.1, 0.15) is 46.0 Å². The maximum absolute atomic E-state index is 11.9. The second kappa shape index (κ2) is 3.71. The van der Waals surface area contributed by atoms with Crippen LogP contribution in [0.15, 0.2) is 5.10 Å². The Labute approximate surface area is 85.2 Å². The number of amides is 1. The van der Waals surface area contributed by atoms with Crippen LogP contribution in [0.2, 0.25) is 0 Å². The molecule has 0 bridgehead atoms. The van der Waals surface area contributed by atoms with Crippen molar-refractivity contribution >= 4 is 11.6 Å².